The van der Waals surface area contributed by atoms with Crippen molar-refractivity contribution in [1.29, 1.82) is 0 Å². The van der Waals surface area contributed by atoms with Crippen molar-refractivity contribution in [2.75, 3.05) is 13.7 Å². The Balaban J connectivity index is 1.89. The molecule has 1 aliphatic rings. The van der Waals surface area contributed by atoms with E-state index in [4.69, 9.17) is 4.74 Å². The Kier molecular flexibility index (Phi) is 9.63. The minimum absolute atomic E-state index is 0.0138. The molecule has 30 heavy (non-hydrogen) atoms. The van der Waals surface area contributed by atoms with Crippen LogP contribution in [0.25, 0.3) is 0 Å². The summed E-state index contributed by atoms with van der Waals surface area (Å²) >= 11 is 0. The van der Waals surface area contributed by atoms with Gasteiger partial charge in [-0.15, -0.1) is 11.8 Å². The lowest BCUT2D eigenvalue weighted by Gasteiger charge is -2.23. The first-order chi connectivity index (χ1) is 14.5. The summed E-state index contributed by atoms with van der Waals surface area (Å²) in [5, 5.41) is 10.4. The number of methoxy groups -OCH3 is 1. The van der Waals surface area contributed by atoms with E-state index in [-0.39, 0.29) is 23.8 Å². The molecule has 0 radical (unpaired) electrons. The third kappa shape index (κ3) is 7.03. The number of hydrogen-bond donors (Lipinski definition) is 1. The normalized spacial score (nSPS) is 18.2. The number of likely N-dealkylation sites (tertiary alicyclic amines) is 1. The smallest absolute Gasteiger partial charge is 0.337 e. The summed E-state index contributed by atoms with van der Waals surface area (Å²) in [4.78, 5) is 25.7. The van der Waals surface area contributed by atoms with E-state index in [0.29, 0.717) is 31.4 Å². The summed E-state index contributed by atoms with van der Waals surface area (Å²) in [7, 11) is 1.36. The van der Waals surface area contributed by atoms with Crippen LogP contribution >= 0.6 is 0 Å². The van der Waals surface area contributed by atoms with E-state index in [1.807, 2.05) is 36.1 Å². The van der Waals surface area contributed by atoms with Gasteiger partial charge in [-0.3, -0.25) is 4.79 Å². The van der Waals surface area contributed by atoms with Crippen LogP contribution in [0.1, 0.15) is 61.9 Å². The molecule has 3 atom stereocenters. The van der Waals surface area contributed by atoms with Crippen molar-refractivity contribution in [3.05, 3.63) is 47.5 Å². The summed E-state index contributed by atoms with van der Waals surface area (Å²) in [5.74, 6) is 6.09. The maximum atomic E-state index is 12.3. The number of aliphatic hydroxyl groups excluding tert-OH is 1. The minimum Gasteiger partial charge on any atom is -0.465 e. The van der Waals surface area contributed by atoms with Gasteiger partial charge in [-0.1, -0.05) is 38.1 Å². The average molecular weight is 412 g/mol. The highest BCUT2D eigenvalue weighted by atomic mass is 16.5. The molecule has 1 unspecified atom stereocenters. The molecular formula is C25H33NO4. The van der Waals surface area contributed by atoms with Crippen LogP contribution < -0.4 is 0 Å². The summed E-state index contributed by atoms with van der Waals surface area (Å²) < 4.78 is 4.71. The molecule has 1 N–H and O–H groups in total. The van der Waals surface area contributed by atoms with Gasteiger partial charge in [0.1, 0.15) is 0 Å². The minimum atomic E-state index is -0.565. The number of aliphatic hydroxyl groups is 1. The first kappa shape index (κ1) is 23.7. The van der Waals surface area contributed by atoms with Crippen LogP contribution in [0.2, 0.25) is 0 Å². The zero-order valence-electron chi connectivity index (χ0n) is 18.3. The van der Waals surface area contributed by atoms with Crippen LogP contribution in [0.15, 0.2) is 36.4 Å². The maximum absolute atomic E-state index is 12.3. The van der Waals surface area contributed by atoms with Gasteiger partial charge in [-0.25, -0.2) is 4.79 Å². The lowest BCUT2D eigenvalue weighted by Crippen LogP contribution is -2.34. The van der Waals surface area contributed by atoms with Gasteiger partial charge in [-0.05, 0) is 42.9 Å². The van der Waals surface area contributed by atoms with E-state index in [1.54, 1.807) is 12.1 Å². The van der Waals surface area contributed by atoms with Crippen LogP contribution in [0.5, 0.6) is 0 Å². The van der Waals surface area contributed by atoms with Crippen molar-refractivity contribution < 1.29 is 19.4 Å². The summed E-state index contributed by atoms with van der Waals surface area (Å²) in [6.07, 6.45) is 7.83. The Hall–Kier alpha value is -2.58. The van der Waals surface area contributed by atoms with Crippen LogP contribution in [0.3, 0.4) is 0 Å². The number of carbonyl (C=O) groups is 2. The fourth-order valence-electron chi connectivity index (χ4n) is 3.42. The quantitative estimate of drug-likeness (QED) is 0.382. The summed E-state index contributed by atoms with van der Waals surface area (Å²) in [6, 6.07) is 7.28. The zero-order valence-corrected chi connectivity index (χ0v) is 18.3. The number of carbonyl (C=O) groups excluding carboxylic acids is 2. The van der Waals surface area contributed by atoms with Gasteiger partial charge < -0.3 is 14.7 Å². The molecule has 1 aromatic carbocycles. The summed E-state index contributed by atoms with van der Waals surface area (Å²) in [5.41, 5.74) is 1.58. The van der Waals surface area contributed by atoms with Gasteiger partial charge in [0, 0.05) is 25.8 Å². The first-order valence-corrected chi connectivity index (χ1v) is 10.7. The second kappa shape index (κ2) is 12.2. The highest BCUT2D eigenvalue weighted by Gasteiger charge is 2.28. The predicted molar refractivity (Wildman–Crippen MR) is 118 cm³/mol. The van der Waals surface area contributed by atoms with E-state index >= 15 is 0 Å². The van der Waals surface area contributed by atoms with Gasteiger partial charge in [0.25, 0.3) is 0 Å². The predicted octanol–water partition coefficient (Wildman–Crippen LogP) is 3.75. The molecule has 0 bridgehead atoms. The number of rotatable bonds is 9. The Morgan fingerprint density at radius 1 is 1.33 bits per heavy atom. The molecule has 0 aliphatic carbocycles. The number of esters is 1. The monoisotopic (exact) mass is 411 g/mol. The first-order valence-electron chi connectivity index (χ1n) is 10.7. The standard InChI is InChI=1S/C25H33NO4/c1-4-5-6-7-8-19(2)23(27)15-13-22-14-16-24(28)26(22)18-17-20-9-11-21(12-10-20)25(29)30-3/h9-13,15,19,22-23,27H,4-5,8,14,16-18H2,1-3H3/t19-,22?,23+/m0/s1. The van der Waals surface area contributed by atoms with Crippen molar-refractivity contribution in [3.63, 3.8) is 0 Å². The van der Waals surface area contributed by atoms with E-state index in [2.05, 4.69) is 18.8 Å². The molecule has 1 aliphatic heterocycles. The van der Waals surface area contributed by atoms with Crippen LogP contribution in [0.4, 0.5) is 0 Å². The average Bonchev–Trinajstić information content (AvgIpc) is 3.12. The number of amides is 1. The van der Waals surface area contributed by atoms with Crippen LogP contribution in [-0.4, -0.2) is 47.7 Å². The second-order valence-electron chi connectivity index (χ2n) is 7.79. The largest absolute Gasteiger partial charge is 0.465 e. The third-order valence-electron chi connectivity index (χ3n) is 5.43. The molecule has 1 fully saturated rings. The number of ether oxygens (including phenoxy) is 1. The number of benzene rings is 1. The molecule has 5 nitrogen and oxygen atoms in total. The van der Waals surface area contributed by atoms with Crippen molar-refractivity contribution in [1.82, 2.24) is 4.90 Å². The SMILES string of the molecule is CCCC#CC[C@H](C)[C@H](O)C=CC1CCC(=O)N1CCc1ccc(C(=O)OC)cc1. The number of hydrogen-bond acceptors (Lipinski definition) is 4. The Morgan fingerprint density at radius 2 is 2.07 bits per heavy atom. The third-order valence-corrected chi connectivity index (χ3v) is 5.43. The molecule has 5 heteroatoms. The molecular weight excluding hydrogens is 378 g/mol. The molecule has 2 rings (SSSR count). The van der Waals surface area contributed by atoms with Gasteiger partial charge in [0.15, 0.2) is 0 Å². The lowest BCUT2D eigenvalue weighted by atomic mass is 9.99. The highest BCUT2D eigenvalue weighted by molar-refractivity contribution is 5.89. The number of unbranched alkanes of at least 4 members (excludes halogenated alkanes) is 1. The van der Waals surface area contributed by atoms with Crippen molar-refractivity contribution >= 4 is 11.9 Å². The topological polar surface area (TPSA) is 66.8 Å². The molecule has 1 aromatic rings. The van der Waals surface area contributed by atoms with Crippen molar-refractivity contribution in [3.8, 4) is 11.8 Å². The zero-order chi connectivity index (χ0) is 21.9. The molecule has 1 amide bonds. The Morgan fingerprint density at radius 3 is 2.73 bits per heavy atom. The van der Waals surface area contributed by atoms with E-state index in [9.17, 15) is 14.7 Å². The fraction of sp³-hybridized carbons (Fsp3) is 0.520. The van der Waals surface area contributed by atoms with E-state index in [1.165, 1.54) is 7.11 Å². The Labute approximate surface area is 180 Å². The lowest BCUT2D eigenvalue weighted by molar-refractivity contribution is -0.128. The molecule has 162 valence electrons. The van der Waals surface area contributed by atoms with Crippen molar-refractivity contribution in [2.45, 2.75) is 64.5 Å². The van der Waals surface area contributed by atoms with Gasteiger partial charge in [0.05, 0.1) is 24.8 Å². The van der Waals surface area contributed by atoms with Crippen molar-refractivity contribution in [2.24, 2.45) is 5.92 Å². The van der Waals surface area contributed by atoms with Gasteiger partial charge >= 0.3 is 5.97 Å². The van der Waals surface area contributed by atoms with E-state index < -0.39 is 6.10 Å². The fourth-order valence-corrected chi connectivity index (χ4v) is 3.42. The summed E-state index contributed by atoms with van der Waals surface area (Å²) in [6.45, 7) is 4.70. The molecule has 0 spiro atoms. The second-order valence-corrected chi connectivity index (χ2v) is 7.79. The number of nitrogens with zero attached hydrogens (tertiary/aromatic N) is 1. The maximum Gasteiger partial charge on any atom is 0.337 e. The molecule has 0 saturated carbocycles. The van der Waals surface area contributed by atoms with Gasteiger partial charge in [-0.2, -0.15) is 0 Å². The van der Waals surface area contributed by atoms with Crippen LogP contribution in [0, 0.1) is 17.8 Å². The van der Waals surface area contributed by atoms with Crippen LogP contribution in [-0.2, 0) is 16.0 Å². The van der Waals surface area contributed by atoms with Gasteiger partial charge in [0.2, 0.25) is 5.91 Å². The molecule has 0 aromatic heterocycles. The molecule has 1 heterocycles. The Bertz CT molecular complexity index is 788. The molecule has 1 saturated heterocycles. The van der Waals surface area contributed by atoms with E-state index in [0.717, 1.165) is 24.8 Å². The highest BCUT2D eigenvalue weighted by Crippen LogP contribution is 2.21.